The molecule has 1 aromatic heterocycles. The first-order chi connectivity index (χ1) is 13.9. The van der Waals surface area contributed by atoms with Gasteiger partial charge in [0.15, 0.2) is 0 Å². The highest BCUT2D eigenvalue weighted by Crippen LogP contribution is 2.43. The Kier molecular flexibility index (Phi) is 8.45. The maximum Gasteiger partial charge on any atom is 0.109 e. The van der Waals surface area contributed by atoms with Gasteiger partial charge in [-0.2, -0.15) is 0 Å². The first-order valence-electron chi connectivity index (χ1n) is 10.7. The summed E-state index contributed by atoms with van der Waals surface area (Å²) in [7, 11) is 1.91. The van der Waals surface area contributed by atoms with Gasteiger partial charge in [0.05, 0.1) is 0 Å². The summed E-state index contributed by atoms with van der Waals surface area (Å²) in [5.41, 5.74) is 7.39. The average molecular weight is 409 g/mol. The Hall–Kier alpha value is -2.13. The van der Waals surface area contributed by atoms with Gasteiger partial charge in [0.2, 0.25) is 0 Å². The fourth-order valence-corrected chi connectivity index (χ4v) is 4.74. The summed E-state index contributed by atoms with van der Waals surface area (Å²) in [5.74, 6) is 1.12. The maximum atomic E-state index is 4.68. The van der Waals surface area contributed by atoms with Gasteiger partial charge >= 0.3 is 0 Å². The molecule has 0 saturated heterocycles. The Balaban J connectivity index is 2.61. The van der Waals surface area contributed by atoms with Crippen LogP contribution >= 0.6 is 11.3 Å². The highest BCUT2D eigenvalue weighted by atomic mass is 32.1. The van der Waals surface area contributed by atoms with E-state index in [1.165, 1.54) is 37.8 Å². The molecule has 0 saturated carbocycles. The van der Waals surface area contributed by atoms with Gasteiger partial charge in [-0.05, 0) is 62.8 Å². The number of hydrogen-bond donors (Lipinski definition) is 0. The SMILES string of the molecule is C=C(c1ccc(CC)cc1)c1c(N(C(CCCC)=NC)/C(C)=C/C)sc(C)c1C. The second-order valence-corrected chi connectivity index (χ2v) is 8.70. The van der Waals surface area contributed by atoms with Crippen LogP contribution in [-0.4, -0.2) is 12.9 Å². The van der Waals surface area contributed by atoms with Crippen LogP contribution in [-0.2, 0) is 6.42 Å². The summed E-state index contributed by atoms with van der Waals surface area (Å²) in [6.07, 6.45) is 6.50. The summed E-state index contributed by atoms with van der Waals surface area (Å²) in [4.78, 5) is 8.37. The first-order valence-corrected chi connectivity index (χ1v) is 11.5. The number of hydrogen-bond acceptors (Lipinski definition) is 2. The number of aliphatic imine (C=N–C) groups is 1. The van der Waals surface area contributed by atoms with Crippen molar-refractivity contribution in [2.45, 2.75) is 67.2 Å². The third kappa shape index (κ3) is 5.08. The number of anilines is 1. The van der Waals surface area contributed by atoms with Gasteiger partial charge in [0.1, 0.15) is 10.8 Å². The molecule has 1 aromatic carbocycles. The lowest BCUT2D eigenvalue weighted by Crippen LogP contribution is -2.29. The highest BCUT2D eigenvalue weighted by molar-refractivity contribution is 7.16. The lowest BCUT2D eigenvalue weighted by molar-refractivity contribution is 0.825. The lowest BCUT2D eigenvalue weighted by atomic mass is 9.96. The molecule has 0 amide bonds. The first kappa shape index (κ1) is 23.2. The molecule has 0 radical (unpaired) electrons. The van der Waals surface area contributed by atoms with Crippen LogP contribution in [0, 0.1) is 13.8 Å². The van der Waals surface area contributed by atoms with Crippen LogP contribution in [0.25, 0.3) is 5.57 Å². The number of unbranched alkanes of at least 4 members (excludes halogenated alkanes) is 1. The highest BCUT2D eigenvalue weighted by Gasteiger charge is 2.24. The van der Waals surface area contributed by atoms with Crippen LogP contribution in [0.2, 0.25) is 0 Å². The zero-order valence-corrected chi connectivity index (χ0v) is 20.0. The minimum atomic E-state index is 0.977. The Morgan fingerprint density at radius 3 is 2.34 bits per heavy atom. The normalized spacial score (nSPS) is 12.4. The van der Waals surface area contributed by atoms with E-state index in [0.717, 1.165) is 37.1 Å². The Labute approximate surface area is 181 Å². The van der Waals surface area contributed by atoms with E-state index < -0.39 is 0 Å². The minimum Gasteiger partial charge on any atom is -0.294 e. The van der Waals surface area contributed by atoms with Crippen molar-refractivity contribution < 1.29 is 0 Å². The molecule has 1 heterocycles. The van der Waals surface area contributed by atoms with E-state index in [2.05, 4.69) is 88.4 Å². The lowest BCUT2D eigenvalue weighted by Gasteiger charge is -2.27. The van der Waals surface area contributed by atoms with Crippen molar-refractivity contribution >= 4 is 27.7 Å². The summed E-state index contributed by atoms with van der Waals surface area (Å²) in [5, 5.41) is 1.23. The quantitative estimate of drug-likeness (QED) is 0.320. The van der Waals surface area contributed by atoms with Crippen molar-refractivity contribution in [2.75, 3.05) is 11.9 Å². The van der Waals surface area contributed by atoms with Crippen LogP contribution in [0.3, 0.4) is 0 Å². The van der Waals surface area contributed by atoms with E-state index in [-0.39, 0.29) is 0 Å². The zero-order chi connectivity index (χ0) is 21.6. The van der Waals surface area contributed by atoms with E-state index in [1.54, 1.807) is 0 Å². The molecule has 156 valence electrons. The van der Waals surface area contributed by atoms with Crippen molar-refractivity contribution in [3.8, 4) is 0 Å². The van der Waals surface area contributed by atoms with E-state index in [4.69, 9.17) is 0 Å². The van der Waals surface area contributed by atoms with Crippen LogP contribution in [0.15, 0.2) is 47.6 Å². The summed E-state index contributed by atoms with van der Waals surface area (Å²) in [6, 6.07) is 8.83. The molecule has 29 heavy (non-hydrogen) atoms. The maximum absolute atomic E-state index is 4.68. The molecular weight excluding hydrogens is 372 g/mol. The predicted octanol–water partition coefficient (Wildman–Crippen LogP) is 7.94. The average Bonchev–Trinajstić information content (AvgIpc) is 3.03. The molecule has 2 aromatic rings. The van der Waals surface area contributed by atoms with Gasteiger partial charge < -0.3 is 0 Å². The minimum absolute atomic E-state index is 0.977. The second-order valence-electron chi connectivity index (χ2n) is 7.50. The Morgan fingerprint density at radius 1 is 1.17 bits per heavy atom. The van der Waals surface area contributed by atoms with E-state index in [9.17, 15) is 0 Å². The number of nitrogens with zero attached hydrogens (tertiary/aromatic N) is 2. The summed E-state index contributed by atoms with van der Waals surface area (Å²) in [6.45, 7) is 17.6. The topological polar surface area (TPSA) is 15.6 Å². The van der Waals surface area contributed by atoms with Crippen LogP contribution < -0.4 is 4.90 Å². The molecule has 0 fully saturated rings. The van der Waals surface area contributed by atoms with Crippen molar-refractivity contribution in [3.63, 3.8) is 0 Å². The molecule has 0 N–H and O–H groups in total. The third-order valence-corrected chi connectivity index (χ3v) is 6.82. The molecule has 0 spiro atoms. The zero-order valence-electron chi connectivity index (χ0n) is 19.2. The van der Waals surface area contributed by atoms with Gasteiger partial charge in [-0.25, -0.2) is 0 Å². The third-order valence-electron chi connectivity index (χ3n) is 5.62. The molecule has 0 unspecified atom stereocenters. The van der Waals surface area contributed by atoms with Gasteiger partial charge in [-0.15, -0.1) is 11.3 Å². The van der Waals surface area contributed by atoms with Crippen molar-refractivity contribution in [1.82, 2.24) is 0 Å². The van der Waals surface area contributed by atoms with Gasteiger partial charge in [0.25, 0.3) is 0 Å². The number of thiophene rings is 1. The second kappa shape index (κ2) is 10.6. The fourth-order valence-electron chi connectivity index (χ4n) is 3.48. The van der Waals surface area contributed by atoms with Crippen LogP contribution in [0.5, 0.6) is 0 Å². The van der Waals surface area contributed by atoms with Crippen LogP contribution in [0.1, 0.15) is 74.1 Å². The predicted molar refractivity (Wildman–Crippen MR) is 133 cm³/mol. The number of amidine groups is 1. The van der Waals surface area contributed by atoms with Gasteiger partial charge in [0, 0.05) is 29.6 Å². The summed E-state index contributed by atoms with van der Waals surface area (Å²) < 4.78 is 0. The number of rotatable bonds is 8. The largest absolute Gasteiger partial charge is 0.294 e. The molecule has 0 bridgehead atoms. The van der Waals surface area contributed by atoms with Crippen molar-refractivity contribution in [2.24, 2.45) is 4.99 Å². The molecule has 0 aliphatic heterocycles. The molecule has 2 nitrogen and oxygen atoms in total. The van der Waals surface area contributed by atoms with E-state index in [0.29, 0.717) is 0 Å². The molecule has 0 aliphatic rings. The molecule has 0 aliphatic carbocycles. The molecule has 2 rings (SSSR count). The summed E-state index contributed by atoms with van der Waals surface area (Å²) >= 11 is 1.84. The number of aryl methyl sites for hydroxylation is 2. The Bertz CT molecular complexity index is 898. The van der Waals surface area contributed by atoms with Crippen molar-refractivity contribution in [1.29, 1.82) is 0 Å². The number of allylic oxidation sites excluding steroid dienone is 2. The monoisotopic (exact) mass is 408 g/mol. The van der Waals surface area contributed by atoms with Crippen molar-refractivity contribution in [3.05, 3.63) is 69.7 Å². The smallest absolute Gasteiger partial charge is 0.109 e. The molecule has 0 atom stereocenters. The molecular formula is C26H36N2S. The standard InChI is InChI=1S/C26H36N2S/c1-9-12-13-24(27-8)28(18(4)10-2)26-25(19(5)21(7)29-26)20(6)23-16-14-22(11-3)15-17-23/h10,14-17H,6,9,11-13H2,1-5,7-8H3/b18-10+,27-24?. The Morgan fingerprint density at radius 2 is 1.83 bits per heavy atom. The van der Waals surface area contributed by atoms with E-state index >= 15 is 0 Å². The number of benzene rings is 1. The van der Waals surface area contributed by atoms with Crippen LogP contribution in [0.4, 0.5) is 5.00 Å². The molecule has 3 heteroatoms. The fraction of sp³-hybridized carbons (Fsp3) is 0.423. The van der Waals surface area contributed by atoms with Gasteiger partial charge in [-0.1, -0.05) is 57.2 Å². The van der Waals surface area contributed by atoms with Gasteiger partial charge in [-0.3, -0.25) is 9.89 Å². The van der Waals surface area contributed by atoms with E-state index in [1.807, 2.05) is 18.4 Å².